The van der Waals surface area contributed by atoms with Crippen LogP contribution in [0.5, 0.6) is 0 Å². The number of nitrogens with one attached hydrogen (secondary N) is 1. The summed E-state index contributed by atoms with van der Waals surface area (Å²) in [5.74, 6) is 0. The fourth-order valence-corrected chi connectivity index (χ4v) is 2.58. The molecule has 0 atom stereocenters. The monoisotopic (exact) mass is 175 g/mol. The van der Waals surface area contributed by atoms with Gasteiger partial charge >= 0.3 is 0 Å². The van der Waals surface area contributed by atoms with E-state index in [2.05, 4.69) is 5.32 Å². The van der Waals surface area contributed by atoms with Gasteiger partial charge in [-0.1, -0.05) is 12.8 Å². The largest absolute Gasteiger partial charge is 0.316 e. The van der Waals surface area contributed by atoms with E-state index in [0.717, 1.165) is 5.41 Å². The van der Waals surface area contributed by atoms with E-state index in [1.165, 1.54) is 51.6 Å². The van der Waals surface area contributed by atoms with Crippen LogP contribution in [-0.4, -0.2) is 13.1 Å². The average Bonchev–Trinajstić information content (AvgIpc) is 2.39. The third kappa shape index (κ3) is 1.88. The second kappa shape index (κ2) is 3.77. The summed E-state index contributed by atoms with van der Waals surface area (Å²) in [5, 5.41) is 3.52. The standard InChI is InChI=1S/C9H17N.ClH/c1-2-5-9(4-1)6-3-7-10-8-9;/h10H,1-8H2;1H. The topological polar surface area (TPSA) is 12.0 Å². The van der Waals surface area contributed by atoms with Crippen molar-refractivity contribution >= 4 is 12.4 Å². The fourth-order valence-electron chi connectivity index (χ4n) is 2.58. The molecular weight excluding hydrogens is 158 g/mol. The van der Waals surface area contributed by atoms with Gasteiger partial charge in [0.05, 0.1) is 0 Å². The minimum Gasteiger partial charge on any atom is -0.316 e. The number of piperidine rings is 1. The maximum Gasteiger partial charge on any atom is 0.000781 e. The van der Waals surface area contributed by atoms with Crippen LogP contribution in [0.3, 0.4) is 0 Å². The van der Waals surface area contributed by atoms with E-state index in [4.69, 9.17) is 0 Å². The molecule has 2 rings (SSSR count). The summed E-state index contributed by atoms with van der Waals surface area (Å²) in [7, 11) is 0. The molecule has 1 saturated heterocycles. The predicted octanol–water partition coefficient (Wildman–Crippen LogP) is 2.35. The van der Waals surface area contributed by atoms with Crippen LogP contribution >= 0.6 is 12.4 Å². The molecule has 2 aliphatic rings. The molecule has 1 aliphatic heterocycles. The van der Waals surface area contributed by atoms with Crippen molar-refractivity contribution in [3.05, 3.63) is 0 Å². The molecule has 1 N–H and O–H groups in total. The van der Waals surface area contributed by atoms with Crippen molar-refractivity contribution in [2.24, 2.45) is 5.41 Å². The highest BCUT2D eigenvalue weighted by Gasteiger charge is 2.34. The van der Waals surface area contributed by atoms with Gasteiger partial charge in [-0.25, -0.2) is 0 Å². The van der Waals surface area contributed by atoms with Crippen molar-refractivity contribution in [1.29, 1.82) is 0 Å². The third-order valence-electron chi connectivity index (χ3n) is 3.22. The van der Waals surface area contributed by atoms with E-state index in [9.17, 15) is 0 Å². The molecule has 0 aromatic rings. The van der Waals surface area contributed by atoms with Crippen LogP contribution in [-0.2, 0) is 0 Å². The summed E-state index contributed by atoms with van der Waals surface area (Å²) in [4.78, 5) is 0. The third-order valence-corrected chi connectivity index (χ3v) is 3.22. The Kier molecular flexibility index (Phi) is 3.20. The smallest absolute Gasteiger partial charge is 0.000781 e. The highest BCUT2D eigenvalue weighted by Crippen LogP contribution is 2.42. The number of hydrogen-bond donors (Lipinski definition) is 1. The second-order valence-electron chi connectivity index (χ2n) is 3.99. The van der Waals surface area contributed by atoms with Crippen molar-refractivity contribution in [3.8, 4) is 0 Å². The van der Waals surface area contributed by atoms with Gasteiger partial charge in [0.2, 0.25) is 0 Å². The van der Waals surface area contributed by atoms with Gasteiger partial charge < -0.3 is 5.32 Å². The Balaban J connectivity index is 0.000000605. The van der Waals surface area contributed by atoms with Gasteiger partial charge in [-0.2, -0.15) is 0 Å². The SMILES string of the molecule is C1CCC2(C1)CCCNC2.Cl. The van der Waals surface area contributed by atoms with Gasteiger partial charge in [0.25, 0.3) is 0 Å². The molecular formula is C9H18ClN. The first-order chi connectivity index (χ1) is 4.91. The number of halogens is 1. The lowest BCUT2D eigenvalue weighted by Crippen LogP contribution is -2.37. The molecule has 0 bridgehead atoms. The van der Waals surface area contributed by atoms with E-state index in [1.54, 1.807) is 0 Å². The van der Waals surface area contributed by atoms with Crippen LogP contribution in [0.15, 0.2) is 0 Å². The zero-order valence-corrected chi connectivity index (χ0v) is 7.88. The molecule has 2 heteroatoms. The van der Waals surface area contributed by atoms with Gasteiger partial charge in [-0.3, -0.25) is 0 Å². The van der Waals surface area contributed by atoms with E-state index < -0.39 is 0 Å². The summed E-state index contributed by atoms with van der Waals surface area (Å²) in [6.45, 7) is 2.58. The van der Waals surface area contributed by atoms with Crippen LogP contribution < -0.4 is 5.32 Å². The molecule has 1 saturated carbocycles. The van der Waals surface area contributed by atoms with Crippen molar-refractivity contribution in [2.45, 2.75) is 38.5 Å². The molecule has 0 aromatic carbocycles. The lowest BCUT2D eigenvalue weighted by atomic mass is 9.79. The van der Waals surface area contributed by atoms with Gasteiger partial charge in [-0.15, -0.1) is 12.4 Å². The van der Waals surface area contributed by atoms with Crippen molar-refractivity contribution < 1.29 is 0 Å². The minimum absolute atomic E-state index is 0. The molecule has 66 valence electrons. The van der Waals surface area contributed by atoms with Gasteiger partial charge in [0.1, 0.15) is 0 Å². The van der Waals surface area contributed by atoms with Gasteiger partial charge in [-0.05, 0) is 37.6 Å². The molecule has 2 fully saturated rings. The first kappa shape index (κ1) is 9.34. The first-order valence-electron chi connectivity index (χ1n) is 4.62. The normalized spacial score (nSPS) is 28.4. The summed E-state index contributed by atoms with van der Waals surface area (Å²) >= 11 is 0. The van der Waals surface area contributed by atoms with Gasteiger partial charge in [0, 0.05) is 6.54 Å². The van der Waals surface area contributed by atoms with Crippen molar-refractivity contribution in [3.63, 3.8) is 0 Å². The van der Waals surface area contributed by atoms with E-state index in [1.807, 2.05) is 0 Å². The summed E-state index contributed by atoms with van der Waals surface area (Å²) < 4.78 is 0. The Bertz CT molecular complexity index is 111. The molecule has 11 heavy (non-hydrogen) atoms. The molecule has 1 nitrogen and oxygen atoms in total. The molecule has 0 amide bonds. The van der Waals surface area contributed by atoms with E-state index in [0.29, 0.717) is 0 Å². The van der Waals surface area contributed by atoms with Crippen LogP contribution in [0, 0.1) is 5.41 Å². The van der Waals surface area contributed by atoms with Crippen LogP contribution in [0.1, 0.15) is 38.5 Å². The van der Waals surface area contributed by atoms with E-state index >= 15 is 0 Å². The first-order valence-corrected chi connectivity index (χ1v) is 4.62. The van der Waals surface area contributed by atoms with Crippen LogP contribution in [0.2, 0.25) is 0 Å². The van der Waals surface area contributed by atoms with Crippen molar-refractivity contribution in [2.75, 3.05) is 13.1 Å². The fraction of sp³-hybridized carbons (Fsp3) is 1.00. The van der Waals surface area contributed by atoms with Crippen LogP contribution in [0.4, 0.5) is 0 Å². The molecule has 0 aromatic heterocycles. The molecule has 1 spiro atoms. The Morgan fingerprint density at radius 1 is 0.909 bits per heavy atom. The highest BCUT2D eigenvalue weighted by atomic mass is 35.5. The lowest BCUT2D eigenvalue weighted by Gasteiger charge is -2.33. The second-order valence-corrected chi connectivity index (χ2v) is 3.99. The highest BCUT2D eigenvalue weighted by molar-refractivity contribution is 5.85. The zero-order valence-electron chi connectivity index (χ0n) is 7.07. The molecule has 0 radical (unpaired) electrons. The zero-order chi connectivity index (χ0) is 6.86. The number of hydrogen-bond acceptors (Lipinski definition) is 1. The summed E-state index contributed by atoms with van der Waals surface area (Å²) in [5.41, 5.74) is 0.762. The Labute approximate surface area is 75.4 Å². The summed E-state index contributed by atoms with van der Waals surface area (Å²) in [6.07, 6.45) is 8.89. The Morgan fingerprint density at radius 3 is 2.09 bits per heavy atom. The lowest BCUT2D eigenvalue weighted by molar-refractivity contribution is 0.217. The minimum atomic E-state index is 0. The van der Waals surface area contributed by atoms with Gasteiger partial charge in [0.15, 0.2) is 0 Å². The van der Waals surface area contributed by atoms with E-state index in [-0.39, 0.29) is 12.4 Å². The molecule has 1 heterocycles. The van der Waals surface area contributed by atoms with Crippen molar-refractivity contribution in [1.82, 2.24) is 5.32 Å². The summed E-state index contributed by atoms with van der Waals surface area (Å²) in [6, 6.07) is 0. The number of rotatable bonds is 0. The maximum absolute atomic E-state index is 3.52. The quantitative estimate of drug-likeness (QED) is 0.596. The maximum atomic E-state index is 3.52. The van der Waals surface area contributed by atoms with Crippen LogP contribution in [0.25, 0.3) is 0 Å². The predicted molar refractivity (Wildman–Crippen MR) is 50.3 cm³/mol. The Morgan fingerprint density at radius 2 is 1.55 bits per heavy atom. The average molecular weight is 176 g/mol. The molecule has 1 aliphatic carbocycles. The Hall–Kier alpha value is 0.250. The molecule has 0 unspecified atom stereocenters.